The lowest BCUT2D eigenvalue weighted by atomic mass is 10.1. The fourth-order valence-electron chi connectivity index (χ4n) is 2.81. The maximum atomic E-state index is 11.9. The monoisotopic (exact) mass is 345 g/mol. The number of esters is 1. The first-order valence-corrected chi connectivity index (χ1v) is 9.29. The Morgan fingerprint density at radius 2 is 1.72 bits per heavy atom. The Hall–Kier alpha value is -2.17. The number of rotatable bonds is 11. The average Bonchev–Trinajstić information content (AvgIpc) is 2.60. The van der Waals surface area contributed by atoms with Crippen molar-refractivity contribution in [3.05, 3.63) is 35.0 Å². The smallest absolute Gasteiger partial charge is 0.346 e. The van der Waals surface area contributed by atoms with Gasteiger partial charge in [0.15, 0.2) is 6.39 Å². The average molecular weight is 345 g/mol. The van der Waals surface area contributed by atoms with Crippen molar-refractivity contribution < 1.29 is 13.9 Å². The van der Waals surface area contributed by atoms with Crippen LogP contribution in [0.2, 0.25) is 0 Å². The summed E-state index contributed by atoms with van der Waals surface area (Å²) in [5.74, 6) is 0.164. The van der Waals surface area contributed by atoms with E-state index >= 15 is 0 Å². The molecule has 0 fully saturated rings. The highest BCUT2D eigenvalue weighted by Gasteiger charge is 2.07. The van der Waals surface area contributed by atoms with Crippen molar-refractivity contribution in [2.45, 2.75) is 71.1 Å². The van der Waals surface area contributed by atoms with Crippen LogP contribution in [0.5, 0.6) is 5.75 Å². The molecule has 0 saturated heterocycles. The maximum Gasteiger partial charge on any atom is 0.346 e. The third-order valence-corrected chi connectivity index (χ3v) is 4.26. The van der Waals surface area contributed by atoms with Gasteiger partial charge in [-0.2, -0.15) is 0 Å². The molecule has 0 bridgehead atoms. The van der Waals surface area contributed by atoms with Crippen LogP contribution in [0.1, 0.15) is 71.1 Å². The number of carbonyl (C=O) groups excluding carboxylic acids is 1. The number of hydrogen-bond donors (Lipinski definition) is 0. The Morgan fingerprint density at radius 1 is 1.04 bits per heavy atom. The molecule has 25 heavy (non-hydrogen) atoms. The van der Waals surface area contributed by atoms with Gasteiger partial charge in [-0.3, -0.25) is 4.79 Å². The number of benzene rings is 1. The van der Waals surface area contributed by atoms with Crippen LogP contribution in [-0.4, -0.2) is 11.0 Å². The van der Waals surface area contributed by atoms with Crippen LogP contribution < -0.4 is 10.4 Å². The van der Waals surface area contributed by atoms with Crippen LogP contribution in [-0.2, 0) is 4.79 Å². The Labute approximate surface area is 148 Å². The topological polar surface area (TPSA) is 69.4 Å². The van der Waals surface area contributed by atoms with Crippen molar-refractivity contribution in [3.63, 3.8) is 0 Å². The quantitative estimate of drug-likeness (QED) is 0.325. The second kappa shape index (κ2) is 10.6. The normalized spacial score (nSPS) is 10.9. The number of fused-ring (bicyclic) bond motifs is 1. The summed E-state index contributed by atoms with van der Waals surface area (Å²) >= 11 is 0. The lowest BCUT2D eigenvalue weighted by Gasteiger charge is -2.05. The summed E-state index contributed by atoms with van der Waals surface area (Å²) in [7, 11) is 0. The van der Waals surface area contributed by atoms with E-state index in [0.29, 0.717) is 23.1 Å². The Bertz CT molecular complexity index is 723. The molecule has 0 spiro atoms. The van der Waals surface area contributed by atoms with Gasteiger partial charge in [-0.05, 0) is 18.6 Å². The summed E-state index contributed by atoms with van der Waals surface area (Å²) in [6, 6.07) is 4.74. The number of nitrogens with zero attached hydrogens (tertiary/aromatic N) is 1. The summed E-state index contributed by atoms with van der Waals surface area (Å²) in [6.45, 7) is 2.23. The third kappa shape index (κ3) is 6.69. The predicted octanol–water partition coefficient (Wildman–Crippen LogP) is 5.01. The number of hydrogen-bond acceptors (Lipinski definition) is 5. The molecule has 0 aliphatic rings. The molecular formula is C20H27NO4. The zero-order valence-electron chi connectivity index (χ0n) is 15.0. The third-order valence-electron chi connectivity index (χ3n) is 4.26. The van der Waals surface area contributed by atoms with Crippen molar-refractivity contribution >= 4 is 16.9 Å². The van der Waals surface area contributed by atoms with Crippen LogP contribution in [0.3, 0.4) is 0 Å². The van der Waals surface area contributed by atoms with E-state index < -0.39 is 5.63 Å². The van der Waals surface area contributed by atoms with Crippen molar-refractivity contribution in [2.24, 2.45) is 0 Å². The molecule has 5 heteroatoms. The van der Waals surface area contributed by atoms with Gasteiger partial charge in [-0.25, -0.2) is 9.78 Å². The SMILES string of the molecule is CCCCCCCCCCCC(=O)Oc1ccc2c(=O)ocnc2c1. The van der Waals surface area contributed by atoms with Crippen molar-refractivity contribution in [1.29, 1.82) is 0 Å². The van der Waals surface area contributed by atoms with Gasteiger partial charge in [-0.15, -0.1) is 0 Å². The fourth-order valence-corrected chi connectivity index (χ4v) is 2.81. The van der Waals surface area contributed by atoms with E-state index in [0.717, 1.165) is 19.2 Å². The summed E-state index contributed by atoms with van der Waals surface area (Å²) in [5.41, 5.74) is 0.0159. The van der Waals surface area contributed by atoms with Gasteiger partial charge in [0.2, 0.25) is 0 Å². The predicted molar refractivity (Wildman–Crippen MR) is 97.8 cm³/mol. The molecule has 1 aromatic carbocycles. The molecule has 0 N–H and O–H groups in total. The van der Waals surface area contributed by atoms with E-state index in [1.54, 1.807) is 18.2 Å². The Kier molecular flexibility index (Phi) is 8.16. The van der Waals surface area contributed by atoms with Gasteiger partial charge in [0.25, 0.3) is 0 Å². The zero-order valence-corrected chi connectivity index (χ0v) is 15.0. The second-order valence-electron chi connectivity index (χ2n) is 6.37. The minimum absolute atomic E-state index is 0.245. The summed E-state index contributed by atoms with van der Waals surface area (Å²) in [4.78, 5) is 27.4. The fraction of sp³-hybridized carbons (Fsp3) is 0.550. The molecule has 0 unspecified atom stereocenters. The minimum atomic E-state index is -0.447. The van der Waals surface area contributed by atoms with E-state index in [1.165, 1.54) is 44.9 Å². The van der Waals surface area contributed by atoms with Gasteiger partial charge in [0.1, 0.15) is 5.75 Å². The molecule has 0 amide bonds. The summed E-state index contributed by atoms with van der Waals surface area (Å²) < 4.78 is 10.0. The minimum Gasteiger partial charge on any atom is -0.426 e. The Morgan fingerprint density at radius 3 is 2.44 bits per heavy atom. The highest BCUT2D eigenvalue weighted by molar-refractivity contribution is 5.80. The van der Waals surface area contributed by atoms with Gasteiger partial charge in [0.05, 0.1) is 10.9 Å². The molecule has 0 radical (unpaired) electrons. The van der Waals surface area contributed by atoms with Crippen molar-refractivity contribution in [3.8, 4) is 5.75 Å². The molecule has 1 aromatic heterocycles. The van der Waals surface area contributed by atoms with E-state index in [-0.39, 0.29) is 5.97 Å². The second-order valence-corrected chi connectivity index (χ2v) is 6.37. The van der Waals surface area contributed by atoms with Crippen LogP contribution in [0, 0.1) is 0 Å². The van der Waals surface area contributed by atoms with E-state index in [9.17, 15) is 9.59 Å². The molecule has 0 aliphatic heterocycles. The first-order chi connectivity index (χ1) is 12.2. The molecule has 2 aromatic rings. The van der Waals surface area contributed by atoms with Gasteiger partial charge in [-0.1, -0.05) is 58.3 Å². The Balaban J connectivity index is 1.65. The number of unbranched alkanes of at least 4 members (excludes halogenated alkanes) is 8. The molecule has 2 rings (SSSR count). The molecular weight excluding hydrogens is 318 g/mol. The molecule has 136 valence electrons. The van der Waals surface area contributed by atoms with Gasteiger partial charge in [0, 0.05) is 12.5 Å². The maximum absolute atomic E-state index is 11.9. The van der Waals surface area contributed by atoms with E-state index in [4.69, 9.17) is 9.15 Å². The number of carbonyl (C=O) groups is 1. The van der Waals surface area contributed by atoms with Crippen LogP contribution in [0.25, 0.3) is 10.9 Å². The first-order valence-electron chi connectivity index (χ1n) is 9.29. The van der Waals surface area contributed by atoms with Gasteiger partial charge < -0.3 is 9.15 Å². The standard InChI is InChI=1S/C20H27NO4/c1-2-3-4-5-6-7-8-9-10-11-19(22)25-16-12-13-17-18(14-16)21-15-24-20(17)23/h12-15H,2-11H2,1H3. The highest BCUT2D eigenvalue weighted by atomic mass is 16.5. The van der Waals surface area contributed by atoms with Gasteiger partial charge >= 0.3 is 11.6 Å². The van der Waals surface area contributed by atoms with Crippen LogP contribution in [0.4, 0.5) is 0 Å². The molecule has 0 saturated carbocycles. The molecule has 5 nitrogen and oxygen atoms in total. The molecule has 1 heterocycles. The summed E-state index contributed by atoms with van der Waals surface area (Å²) in [5, 5.41) is 0.376. The number of ether oxygens (including phenoxy) is 1. The van der Waals surface area contributed by atoms with Crippen molar-refractivity contribution in [1.82, 2.24) is 4.98 Å². The van der Waals surface area contributed by atoms with E-state index in [2.05, 4.69) is 11.9 Å². The molecule has 0 aliphatic carbocycles. The van der Waals surface area contributed by atoms with Crippen molar-refractivity contribution in [2.75, 3.05) is 0 Å². The zero-order chi connectivity index (χ0) is 17.9. The summed E-state index contributed by atoms with van der Waals surface area (Å²) in [6.07, 6.45) is 12.4. The highest BCUT2D eigenvalue weighted by Crippen LogP contribution is 2.18. The number of aromatic nitrogens is 1. The largest absolute Gasteiger partial charge is 0.426 e. The lowest BCUT2D eigenvalue weighted by molar-refractivity contribution is -0.134. The van der Waals surface area contributed by atoms with Crippen LogP contribution >= 0.6 is 0 Å². The lowest BCUT2D eigenvalue weighted by Crippen LogP contribution is -2.08. The first kappa shape index (κ1) is 19.2. The molecule has 0 atom stereocenters. The van der Waals surface area contributed by atoms with E-state index in [1.807, 2.05) is 0 Å². The van der Waals surface area contributed by atoms with Crippen LogP contribution in [0.15, 0.2) is 33.8 Å².